The molecule has 0 spiro atoms. The SMILES string of the molecule is N#Cc1cc(-c2ccc(-n3c4ccc(-c5ccc(C(F)(F)F)cc5C(F)(F)F)cc4c4cc(-c5ccc(C(F)(F)F)cc5C(F)(F)F)ccc43)c(C#N)c2-n2c3ccc(-c4ccc(C(F)(F)F)cc4C(F)(F)F)cc3c3cc(-c4ccc(C(F)(F)F)cc4C(F)(F)F)ccc32)cc(C(F)(F)F)c1. The van der Waals surface area contributed by atoms with Crippen molar-refractivity contribution in [3.8, 4) is 79.1 Å². The van der Waals surface area contributed by atoms with Crippen LogP contribution in [0.3, 0.4) is 0 Å². The fourth-order valence-electron chi connectivity index (χ4n) is 12.4. The number of hydrogen-bond acceptors (Lipinski definition) is 2. The van der Waals surface area contributed by atoms with Gasteiger partial charge in [0.15, 0.2) is 0 Å². The van der Waals surface area contributed by atoms with Crippen molar-refractivity contribution < 1.29 is 119 Å². The van der Waals surface area contributed by atoms with E-state index >= 15 is 0 Å². The molecular formula is C71H29F27N4. The van der Waals surface area contributed by atoms with Gasteiger partial charge in [-0.1, -0.05) is 54.6 Å². The molecule has 31 heteroatoms. The second-order valence-corrected chi connectivity index (χ2v) is 23.0. The molecule has 0 aliphatic carbocycles. The maximum atomic E-state index is 15.0. The molecule has 0 aliphatic rings. The molecule has 2 aromatic heterocycles. The zero-order chi connectivity index (χ0) is 74.5. The van der Waals surface area contributed by atoms with Gasteiger partial charge in [-0.15, -0.1) is 0 Å². The molecule has 0 saturated heterocycles. The topological polar surface area (TPSA) is 57.4 Å². The van der Waals surface area contributed by atoms with E-state index in [0.29, 0.717) is 36.4 Å². The number of nitriles is 2. The summed E-state index contributed by atoms with van der Waals surface area (Å²) >= 11 is 0. The molecule has 12 rings (SSSR count). The molecule has 0 unspecified atom stereocenters. The van der Waals surface area contributed by atoms with E-state index in [1.807, 2.05) is 6.07 Å². The summed E-state index contributed by atoms with van der Waals surface area (Å²) < 4.78 is 394. The van der Waals surface area contributed by atoms with Crippen molar-refractivity contribution in [3.63, 3.8) is 0 Å². The molecule has 2 heterocycles. The van der Waals surface area contributed by atoms with Crippen molar-refractivity contribution in [2.75, 3.05) is 0 Å². The minimum Gasteiger partial charge on any atom is -0.308 e. The molecule has 0 atom stereocenters. The zero-order valence-electron chi connectivity index (χ0n) is 49.7. The summed E-state index contributed by atoms with van der Waals surface area (Å²) in [5, 5.41) is 20.4. The number of alkyl halides is 27. The van der Waals surface area contributed by atoms with Crippen molar-refractivity contribution in [1.82, 2.24) is 9.13 Å². The highest BCUT2D eigenvalue weighted by Gasteiger charge is 2.44. The van der Waals surface area contributed by atoms with E-state index in [9.17, 15) is 129 Å². The van der Waals surface area contributed by atoms with Gasteiger partial charge in [0.1, 0.15) is 11.6 Å². The first kappa shape index (κ1) is 70.7. The highest BCUT2D eigenvalue weighted by Crippen LogP contribution is 2.51. The first-order valence-corrected chi connectivity index (χ1v) is 28.7. The number of benzene rings is 10. The van der Waals surface area contributed by atoms with Gasteiger partial charge in [-0.2, -0.15) is 129 Å². The Kier molecular flexibility index (Phi) is 16.5. The van der Waals surface area contributed by atoms with Crippen LogP contribution < -0.4 is 0 Å². The Morgan fingerprint density at radius 2 is 0.520 bits per heavy atom. The van der Waals surface area contributed by atoms with Crippen LogP contribution >= 0.6 is 0 Å². The zero-order valence-corrected chi connectivity index (χ0v) is 49.7. The Balaban J connectivity index is 1.23. The molecule has 0 aliphatic heterocycles. The Morgan fingerprint density at radius 3 is 0.784 bits per heavy atom. The van der Waals surface area contributed by atoms with E-state index in [0.717, 1.165) is 100 Å². The van der Waals surface area contributed by atoms with Crippen LogP contribution in [0.25, 0.3) is 111 Å². The predicted molar refractivity (Wildman–Crippen MR) is 317 cm³/mol. The number of rotatable bonds is 7. The summed E-state index contributed by atoms with van der Waals surface area (Å²) in [4.78, 5) is 0. The molecule has 102 heavy (non-hydrogen) atoms. The summed E-state index contributed by atoms with van der Waals surface area (Å²) in [5.41, 5.74) is -27.6. The van der Waals surface area contributed by atoms with Crippen LogP contribution in [-0.2, 0) is 55.6 Å². The van der Waals surface area contributed by atoms with Gasteiger partial charge in [0.2, 0.25) is 0 Å². The van der Waals surface area contributed by atoms with E-state index < -0.39 is 206 Å². The standard InChI is InChI=1S/C71H29F27N4/c72-63(73,74)38-5-9-43(53(26-38)68(87,88)89)33-1-14-57-48(22-33)49-23-34(44-10-6-39(64(75,76)77)27-54(44)69(90,91)92)2-15-58(49)101(57)61-18-13-47(37-19-32(30-99)20-42(21-37)67(84,85)86)62(52(61)31-100)102-59-16-3-35(45-11-7-40(65(78,79)80)28-55(45)70(93,94)95)24-50(59)51-25-36(4-17-60(51)102)46-12-8-41(66(81,82)83)29-56(46)71(96,97)98/h1-29H. The minimum atomic E-state index is -5.59. The van der Waals surface area contributed by atoms with Gasteiger partial charge in [0.25, 0.3) is 0 Å². The minimum absolute atomic E-state index is 0.226. The highest BCUT2D eigenvalue weighted by atomic mass is 19.4. The van der Waals surface area contributed by atoms with E-state index in [1.165, 1.54) is 0 Å². The summed E-state index contributed by atoms with van der Waals surface area (Å²) in [6.45, 7) is 0. The van der Waals surface area contributed by atoms with Gasteiger partial charge in [-0.25, -0.2) is 0 Å². The summed E-state index contributed by atoms with van der Waals surface area (Å²) in [6, 6.07) is 20.0. The highest BCUT2D eigenvalue weighted by molar-refractivity contribution is 6.14. The van der Waals surface area contributed by atoms with Crippen LogP contribution in [0.2, 0.25) is 0 Å². The lowest BCUT2D eigenvalue weighted by Gasteiger charge is -2.21. The molecule has 10 aromatic carbocycles. The fraction of sp³-hybridized carbons (Fsp3) is 0.127. The van der Waals surface area contributed by atoms with Crippen molar-refractivity contribution >= 4 is 43.6 Å². The quantitative estimate of drug-likeness (QED) is 0.149. The first-order chi connectivity index (χ1) is 47.2. The maximum Gasteiger partial charge on any atom is 0.417 e. The Hall–Kier alpha value is -11.1. The van der Waals surface area contributed by atoms with Crippen molar-refractivity contribution in [2.45, 2.75) is 55.6 Å². The van der Waals surface area contributed by atoms with Crippen LogP contribution in [0.4, 0.5) is 119 Å². The summed E-state index contributed by atoms with van der Waals surface area (Å²) in [6.07, 6.45) is -49.1. The van der Waals surface area contributed by atoms with Crippen molar-refractivity contribution in [1.29, 1.82) is 10.5 Å². The molecule has 0 radical (unpaired) electrons. The average Bonchev–Trinajstić information content (AvgIpc) is 1.54. The molecule has 0 amide bonds. The van der Waals surface area contributed by atoms with Crippen LogP contribution in [0.1, 0.15) is 61.2 Å². The second-order valence-electron chi connectivity index (χ2n) is 23.0. The molecule has 12 aromatic rings. The number of halogens is 27. The number of fused-ring (bicyclic) bond motifs is 6. The molecule has 0 bridgehead atoms. The lowest BCUT2D eigenvalue weighted by molar-refractivity contribution is -0.144. The predicted octanol–water partition coefficient (Wildman–Crippen LogP) is 25.1. The first-order valence-electron chi connectivity index (χ1n) is 28.7. The van der Waals surface area contributed by atoms with E-state index in [4.69, 9.17) is 0 Å². The van der Waals surface area contributed by atoms with Gasteiger partial charge in [0, 0.05) is 27.1 Å². The van der Waals surface area contributed by atoms with Gasteiger partial charge < -0.3 is 9.13 Å². The van der Waals surface area contributed by atoms with Crippen molar-refractivity contribution in [2.24, 2.45) is 0 Å². The third-order valence-corrected chi connectivity index (χ3v) is 16.8. The summed E-state index contributed by atoms with van der Waals surface area (Å²) in [7, 11) is 0. The largest absolute Gasteiger partial charge is 0.417 e. The lowest BCUT2D eigenvalue weighted by atomic mass is 9.94. The number of hydrogen-bond donors (Lipinski definition) is 0. The Morgan fingerprint density at radius 1 is 0.235 bits per heavy atom. The monoisotopic (exact) mass is 1450 g/mol. The normalized spacial score (nSPS) is 13.2. The Bertz CT molecular complexity index is 5270. The van der Waals surface area contributed by atoms with Crippen LogP contribution in [0.15, 0.2) is 176 Å². The smallest absolute Gasteiger partial charge is 0.308 e. The van der Waals surface area contributed by atoms with Crippen LogP contribution in [0, 0.1) is 22.7 Å². The third-order valence-electron chi connectivity index (χ3n) is 16.8. The average molecular weight is 1450 g/mol. The lowest BCUT2D eigenvalue weighted by Crippen LogP contribution is -2.12. The van der Waals surface area contributed by atoms with Crippen molar-refractivity contribution in [3.05, 3.63) is 237 Å². The molecule has 0 fully saturated rings. The number of aromatic nitrogens is 2. The second kappa shape index (κ2) is 23.8. The summed E-state index contributed by atoms with van der Waals surface area (Å²) in [5.74, 6) is 0. The van der Waals surface area contributed by atoms with E-state index in [-0.39, 0.29) is 70.3 Å². The molecule has 0 saturated carbocycles. The van der Waals surface area contributed by atoms with Gasteiger partial charge in [-0.05, 0) is 171 Å². The molecular weight excluding hydrogens is 1420 g/mol. The molecule has 0 N–H and O–H groups in total. The maximum absolute atomic E-state index is 15.0. The number of nitrogens with zero attached hydrogens (tertiary/aromatic N) is 4. The third kappa shape index (κ3) is 12.8. The van der Waals surface area contributed by atoms with Gasteiger partial charge in [0.05, 0.1) is 95.1 Å². The van der Waals surface area contributed by atoms with E-state index in [1.54, 1.807) is 6.07 Å². The van der Waals surface area contributed by atoms with E-state index in [2.05, 4.69) is 0 Å². The van der Waals surface area contributed by atoms with Crippen LogP contribution in [0.5, 0.6) is 0 Å². The van der Waals surface area contributed by atoms with Gasteiger partial charge >= 0.3 is 55.6 Å². The molecule has 522 valence electrons. The van der Waals surface area contributed by atoms with Gasteiger partial charge in [-0.3, -0.25) is 0 Å². The fourth-order valence-corrected chi connectivity index (χ4v) is 12.4. The Labute approximate surface area is 552 Å². The van der Waals surface area contributed by atoms with Crippen LogP contribution in [-0.4, -0.2) is 9.13 Å². The molecule has 4 nitrogen and oxygen atoms in total.